The summed E-state index contributed by atoms with van der Waals surface area (Å²) in [4.78, 5) is 26.7. The van der Waals surface area contributed by atoms with Crippen molar-refractivity contribution < 1.29 is 19.1 Å². The van der Waals surface area contributed by atoms with Crippen LogP contribution in [0.1, 0.15) is 41.3 Å². The maximum Gasteiger partial charge on any atom is 0.309 e. The van der Waals surface area contributed by atoms with Gasteiger partial charge in [0.2, 0.25) is 0 Å². The topological polar surface area (TPSA) is 55.8 Å². The van der Waals surface area contributed by atoms with Crippen molar-refractivity contribution in [1.82, 2.24) is 4.90 Å². The number of likely N-dealkylation sites (tertiary alicyclic amines) is 1. The number of hydrogen-bond donors (Lipinski definition) is 0. The number of benzene rings is 1. The van der Waals surface area contributed by atoms with Crippen molar-refractivity contribution in [3.05, 3.63) is 56.8 Å². The van der Waals surface area contributed by atoms with Crippen LogP contribution < -0.4 is 4.74 Å². The van der Waals surface area contributed by atoms with Crippen molar-refractivity contribution in [2.75, 3.05) is 26.7 Å². The highest BCUT2D eigenvalue weighted by Gasteiger charge is 2.26. The van der Waals surface area contributed by atoms with Crippen LogP contribution in [0.5, 0.6) is 5.75 Å². The van der Waals surface area contributed by atoms with Gasteiger partial charge in [-0.25, -0.2) is 0 Å². The summed E-state index contributed by atoms with van der Waals surface area (Å²) < 4.78 is 11.0. The second kappa shape index (κ2) is 9.77. The fraction of sp³-hybridized carbons (Fsp3) is 0.391. The van der Waals surface area contributed by atoms with E-state index in [9.17, 15) is 9.59 Å². The van der Waals surface area contributed by atoms with E-state index in [1.54, 1.807) is 18.3 Å². The molecule has 4 rings (SSSR count). The predicted octanol–water partition coefficient (Wildman–Crippen LogP) is 4.26. The fourth-order valence-corrected chi connectivity index (χ4v) is 5.11. The second-order valence-electron chi connectivity index (χ2n) is 7.60. The summed E-state index contributed by atoms with van der Waals surface area (Å²) in [6.07, 6.45) is 2.11. The van der Waals surface area contributed by atoms with Crippen LogP contribution in [0.15, 0.2) is 35.2 Å². The minimum atomic E-state index is -0.247. The van der Waals surface area contributed by atoms with Gasteiger partial charge in [0.25, 0.3) is 0 Å². The lowest BCUT2D eigenvalue weighted by Gasteiger charge is -2.29. The standard InChI is InChI=1S/C23H25NO4S.ClH/c1-15(25)13-24-8-5-17(6-9-24)22-19-11-16(12-21(26)27-2)3-4-20(19)28-14-18-7-10-29-23(18)22;/h3-4,7,10-11H,5-6,8-9,12-14H2,1-2H3;1H. The highest BCUT2D eigenvalue weighted by Crippen LogP contribution is 2.43. The lowest BCUT2D eigenvalue weighted by Crippen LogP contribution is -2.34. The van der Waals surface area contributed by atoms with Gasteiger partial charge in [-0.15, -0.1) is 23.7 Å². The van der Waals surface area contributed by atoms with Crippen molar-refractivity contribution >= 4 is 41.1 Å². The summed E-state index contributed by atoms with van der Waals surface area (Å²) in [7, 11) is 1.41. The molecule has 30 heavy (non-hydrogen) atoms. The smallest absolute Gasteiger partial charge is 0.309 e. The quantitative estimate of drug-likeness (QED) is 0.655. The third kappa shape index (κ3) is 4.77. The van der Waals surface area contributed by atoms with Crippen LogP contribution in [0.2, 0.25) is 0 Å². The maximum atomic E-state index is 11.8. The molecule has 2 aliphatic rings. The van der Waals surface area contributed by atoms with E-state index >= 15 is 0 Å². The van der Waals surface area contributed by atoms with Crippen LogP contribution in [-0.2, 0) is 27.4 Å². The van der Waals surface area contributed by atoms with Crippen molar-refractivity contribution in [1.29, 1.82) is 0 Å². The van der Waals surface area contributed by atoms with E-state index in [4.69, 9.17) is 9.47 Å². The Labute approximate surface area is 187 Å². The van der Waals surface area contributed by atoms with Gasteiger partial charge < -0.3 is 9.47 Å². The Bertz CT molecular complexity index is 971. The number of nitrogens with zero attached hydrogens (tertiary/aromatic N) is 1. The molecule has 0 saturated carbocycles. The van der Waals surface area contributed by atoms with E-state index in [2.05, 4.69) is 22.4 Å². The minimum Gasteiger partial charge on any atom is -0.488 e. The molecule has 1 aromatic heterocycles. The first-order valence-electron chi connectivity index (χ1n) is 9.88. The van der Waals surface area contributed by atoms with Gasteiger partial charge in [-0.3, -0.25) is 14.5 Å². The number of piperidine rings is 1. The number of fused-ring (bicyclic) bond motifs is 2. The molecule has 1 fully saturated rings. The van der Waals surface area contributed by atoms with Crippen LogP contribution >= 0.6 is 23.7 Å². The Morgan fingerprint density at radius 3 is 2.67 bits per heavy atom. The third-order valence-corrected chi connectivity index (χ3v) is 6.48. The second-order valence-corrected chi connectivity index (χ2v) is 8.52. The summed E-state index contributed by atoms with van der Waals surface area (Å²) in [5, 5.41) is 2.11. The number of carbonyl (C=O) groups excluding carboxylic acids is 2. The molecular formula is C23H26ClNO4S. The number of ketones is 1. The van der Waals surface area contributed by atoms with Gasteiger partial charge in [-0.2, -0.15) is 0 Å². The van der Waals surface area contributed by atoms with Crippen molar-refractivity contribution in [3.8, 4) is 5.75 Å². The molecule has 5 nitrogen and oxygen atoms in total. The van der Waals surface area contributed by atoms with E-state index in [-0.39, 0.29) is 30.6 Å². The number of halogens is 1. The Kier molecular flexibility index (Phi) is 7.34. The number of thiophene rings is 1. The molecule has 0 radical (unpaired) electrons. The van der Waals surface area contributed by atoms with Crippen molar-refractivity contribution in [2.45, 2.75) is 32.8 Å². The molecule has 2 aliphatic heterocycles. The Hall–Kier alpha value is -2.15. The van der Waals surface area contributed by atoms with Crippen LogP contribution in [0.4, 0.5) is 0 Å². The highest BCUT2D eigenvalue weighted by molar-refractivity contribution is 7.11. The van der Waals surface area contributed by atoms with E-state index in [1.165, 1.54) is 28.7 Å². The third-order valence-electron chi connectivity index (χ3n) is 5.51. The average molecular weight is 448 g/mol. The van der Waals surface area contributed by atoms with Gasteiger partial charge in [-0.05, 0) is 48.9 Å². The van der Waals surface area contributed by atoms with Gasteiger partial charge in [0, 0.05) is 34.7 Å². The number of hydrogen-bond acceptors (Lipinski definition) is 6. The zero-order valence-electron chi connectivity index (χ0n) is 17.2. The van der Waals surface area contributed by atoms with E-state index < -0.39 is 0 Å². The summed E-state index contributed by atoms with van der Waals surface area (Å²) >= 11 is 1.74. The van der Waals surface area contributed by atoms with Gasteiger partial charge in [0.1, 0.15) is 18.1 Å². The fourth-order valence-electron chi connectivity index (χ4n) is 4.09. The van der Waals surface area contributed by atoms with Gasteiger partial charge >= 0.3 is 5.97 Å². The SMILES string of the molecule is COC(=O)Cc1ccc2c(c1)C(=C1CCN(CC(C)=O)CC1)c1sccc1CO2.Cl. The molecule has 160 valence electrons. The number of carbonyl (C=O) groups is 2. The predicted molar refractivity (Wildman–Crippen MR) is 120 cm³/mol. The molecular weight excluding hydrogens is 422 g/mol. The normalized spacial score (nSPS) is 15.9. The largest absolute Gasteiger partial charge is 0.488 e. The van der Waals surface area contributed by atoms with Gasteiger partial charge in [-0.1, -0.05) is 11.6 Å². The Balaban J connectivity index is 0.00000256. The molecule has 1 saturated heterocycles. The first-order chi connectivity index (χ1) is 14.0. The molecule has 0 amide bonds. The summed E-state index contributed by atoms with van der Waals surface area (Å²) in [5.74, 6) is 0.820. The number of esters is 1. The van der Waals surface area contributed by atoms with Gasteiger partial charge in [0.05, 0.1) is 20.1 Å². The van der Waals surface area contributed by atoms with Crippen LogP contribution in [0.25, 0.3) is 5.57 Å². The first kappa shape index (κ1) is 22.5. The average Bonchev–Trinajstić information content (AvgIpc) is 3.10. The first-order valence-corrected chi connectivity index (χ1v) is 10.8. The van der Waals surface area contributed by atoms with Gasteiger partial charge in [0.15, 0.2) is 0 Å². The van der Waals surface area contributed by atoms with E-state index in [0.717, 1.165) is 42.8 Å². The minimum absolute atomic E-state index is 0. The van der Waals surface area contributed by atoms with E-state index in [1.807, 2.05) is 12.1 Å². The van der Waals surface area contributed by atoms with Crippen LogP contribution in [0.3, 0.4) is 0 Å². The zero-order valence-corrected chi connectivity index (χ0v) is 18.9. The monoisotopic (exact) mass is 447 g/mol. The number of rotatable bonds is 4. The summed E-state index contributed by atoms with van der Waals surface area (Å²) in [5.41, 5.74) is 5.83. The molecule has 2 aromatic rings. The molecule has 0 N–H and O–H groups in total. The summed E-state index contributed by atoms with van der Waals surface area (Å²) in [6.45, 7) is 4.49. The number of methoxy groups -OCH3 is 1. The lowest BCUT2D eigenvalue weighted by molar-refractivity contribution is -0.139. The molecule has 1 aromatic carbocycles. The van der Waals surface area contributed by atoms with E-state index in [0.29, 0.717) is 13.2 Å². The molecule has 0 unspecified atom stereocenters. The van der Waals surface area contributed by atoms with Crippen LogP contribution in [0, 0.1) is 0 Å². The lowest BCUT2D eigenvalue weighted by atomic mass is 9.89. The Morgan fingerprint density at radius 2 is 1.97 bits per heavy atom. The maximum absolute atomic E-state index is 11.8. The molecule has 0 aliphatic carbocycles. The molecule has 0 spiro atoms. The molecule has 0 bridgehead atoms. The zero-order chi connectivity index (χ0) is 20.4. The molecule has 7 heteroatoms. The molecule has 3 heterocycles. The molecule has 0 atom stereocenters. The van der Waals surface area contributed by atoms with Crippen molar-refractivity contribution in [3.63, 3.8) is 0 Å². The number of ether oxygens (including phenoxy) is 2. The number of Topliss-reactive ketones (excluding diaryl/α,β-unsaturated/α-hetero) is 1. The summed E-state index contributed by atoms with van der Waals surface area (Å²) in [6, 6.07) is 8.11. The Morgan fingerprint density at radius 1 is 1.20 bits per heavy atom. The van der Waals surface area contributed by atoms with Crippen molar-refractivity contribution in [2.24, 2.45) is 0 Å². The highest BCUT2D eigenvalue weighted by atomic mass is 35.5. The van der Waals surface area contributed by atoms with Crippen LogP contribution in [-0.4, -0.2) is 43.4 Å².